The highest BCUT2D eigenvalue weighted by molar-refractivity contribution is 5.95. The van der Waals surface area contributed by atoms with Crippen LogP contribution in [0.3, 0.4) is 0 Å². The number of aryl methyl sites for hydroxylation is 1. The summed E-state index contributed by atoms with van der Waals surface area (Å²) in [6.07, 6.45) is 4.38. The topological polar surface area (TPSA) is 62.4 Å². The second kappa shape index (κ2) is 7.04. The number of fused-ring (bicyclic) bond motifs is 1. The summed E-state index contributed by atoms with van der Waals surface area (Å²) in [5.41, 5.74) is 3.04. The van der Waals surface area contributed by atoms with E-state index in [1.165, 1.54) is 0 Å². The zero-order chi connectivity index (χ0) is 17.9. The molecule has 5 heteroatoms. The molecule has 1 aromatic heterocycles. The van der Waals surface area contributed by atoms with E-state index in [-0.39, 0.29) is 11.9 Å². The normalized spacial score (nSPS) is 14.2. The molecule has 1 fully saturated rings. The van der Waals surface area contributed by atoms with Gasteiger partial charge in [0.2, 0.25) is 5.91 Å². The number of esters is 1. The van der Waals surface area contributed by atoms with Crippen LogP contribution in [0.2, 0.25) is 0 Å². The van der Waals surface area contributed by atoms with Crippen molar-refractivity contribution in [3.63, 3.8) is 0 Å². The van der Waals surface area contributed by atoms with Crippen molar-refractivity contribution in [3.05, 3.63) is 60.3 Å². The molecular formula is C21H20N2O3. The van der Waals surface area contributed by atoms with Gasteiger partial charge in [0.25, 0.3) is 0 Å². The quantitative estimate of drug-likeness (QED) is 0.563. The molecule has 3 aromatic rings. The van der Waals surface area contributed by atoms with Gasteiger partial charge in [-0.15, -0.1) is 0 Å². The number of hydrogen-bond donors (Lipinski definition) is 1. The summed E-state index contributed by atoms with van der Waals surface area (Å²) >= 11 is 0. The molecule has 1 aliphatic heterocycles. The highest BCUT2D eigenvalue weighted by Crippen LogP contribution is 2.24. The van der Waals surface area contributed by atoms with Gasteiger partial charge in [-0.1, -0.05) is 18.2 Å². The van der Waals surface area contributed by atoms with E-state index >= 15 is 0 Å². The molecule has 1 amide bonds. The number of anilines is 1. The van der Waals surface area contributed by atoms with E-state index in [4.69, 9.17) is 4.74 Å². The van der Waals surface area contributed by atoms with Crippen LogP contribution in [0.1, 0.15) is 24.8 Å². The Morgan fingerprint density at radius 1 is 1.12 bits per heavy atom. The number of hydrogen-bond acceptors (Lipinski definition) is 3. The Bertz CT molecular complexity index is 943. The molecular weight excluding hydrogens is 328 g/mol. The van der Waals surface area contributed by atoms with E-state index in [2.05, 4.69) is 4.98 Å². The van der Waals surface area contributed by atoms with Gasteiger partial charge >= 0.3 is 5.97 Å². The lowest BCUT2D eigenvalue weighted by Crippen LogP contribution is -2.23. The lowest BCUT2D eigenvalue weighted by molar-refractivity contribution is -0.134. The summed E-state index contributed by atoms with van der Waals surface area (Å²) in [4.78, 5) is 28.9. The van der Waals surface area contributed by atoms with Crippen LogP contribution in [0.4, 0.5) is 5.69 Å². The molecule has 132 valence electrons. The van der Waals surface area contributed by atoms with Crippen LogP contribution in [0.15, 0.2) is 54.7 Å². The van der Waals surface area contributed by atoms with Gasteiger partial charge in [0.15, 0.2) is 0 Å². The van der Waals surface area contributed by atoms with Crippen molar-refractivity contribution < 1.29 is 14.3 Å². The molecule has 4 rings (SSSR count). The van der Waals surface area contributed by atoms with Crippen molar-refractivity contribution in [1.82, 2.24) is 4.98 Å². The van der Waals surface area contributed by atoms with Gasteiger partial charge in [0, 0.05) is 35.8 Å². The van der Waals surface area contributed by atoms with E-state index in [1.54, 1.807) is 17.0 Å². The molecule has 0 radical (unpaired) electrons. The molecule has 1 aliphatic rings. The van der Waals surface area contributed by atoms with Crippen LogP contribution in [-0.4, -0.2) is 23.4 Å². The molecule has 1 N–H and O–H groups in total. The third kappa shape index (κ3) is 3.33. The number of H-pyrrole nitrogens is 1. The minimum absolute atomic E-state index is 0.147. The first kappa shape index (κ1) is 16.4. The average Bonchev–Trinajstić information content (AvgIpc) is 3.27. The van der Waals surface area contributed by atoms with Crippen LogP contribution in [-0.2, 0) is 16.0 Å². The fraction of sp³-hybridized carbons (Fsp3) is 0.238. The molecule has 0 aliphatic carbocycles. The van der Waals surface area contributed by atoms with Crippen molar-refractivity contribution in [2.75, 3.05) is 11.4 Å². The summed E-state index contributed by atoms with van der Waals surface area (Å²) in [7, 11) is 0. The summed E-state index contributed by atoms with van der Waals surface area (Å²) in [5, 5.41) is 1.14. The van der Waals surface area contributed by atoms with E-state index < -0.39 is 0 Å². The minimum atomic E-state index is -0.264. The lowest BCUT2D eigenvalue weighted by atomic mass is 10.1. The van der Waals surface area contributed by atoms with E-state index in [9.17, 15) is 9.59 Å². The predicted octanol–water partition coefficient (Wildman–Crippen LogP) is 3.83. The lowest BCUT2D eigenvalue weighted by Gasteiger charge is -2.15. The van der Waals surface area contributed by atoms with E-state index in [0.29, 0.717) is 25.0 Å². The second-order valence-corrected chi connectivity index (χ2v) is 6.48. The number of nitrogens with one attached hydrogen (secondary N) is 1. The standard InChI is InChI=1S/C21H20N2O3/c24-20-6-3-13-23(20)16-8-10-17(11-9-16)26-21(25)12-7-15-14-22-19-5-2-1-4-18(15)19/h1-2,4-5,8-11,14,22H,3,6-7,12-13H2. The highest BCUT2D eigenvalue weighted by Gasteiger charge is 2.21. The Morgan fingerprint density at radius 3 is 2.69 bits per heavy atom. The van der Waals surface area contributed by atoms with Crippen LogP contribution >= 0.6 is 0 Å². The van der Waals surface area contributed by atoms with E-state index in [0.717, 1.165) is 35.1 Å². The Morgan fingerprint density at radius 2 is 1.92 bits per heavy atom. The van der Waals surface area contributed by atoms with Crippen molar-refractivity contribution in [3.8, 4) is 5.75 Å². The molecule has 5 nitrogen and oxygen atoms in total. The van der Waals surface area contributed by atoms with Crippen LogP contribution in [0.25, 0.3) is 10.9 Å². The molecule has 2 aromatic carbocycles. The summed E-state index contributed by atoms with van der Waals surface area (Å²) < 4.78 is 5.42. The number of carbonyl (C=O) groups excluding carboxylic acids is 2. The number of aromatic amines is 1. The van der Waals surface area contributed by atoms with Crippen LogP contribution in [0.5, 0.6) is 5.75 Å². The van der Waals surface area contributed by atoms with E-state index in [1.807, 2.05) is 42.6 Å². The smallest absolute Gasteiger partial charge is 0.311 e. The summed E-state index contributed by atoms with van der Waals surface area (Å²) in [6, 6.07) is 15.2. The fourth-order valence-corrected chi connectivity index (χ4v) is 3.37. The molecule has 0 saturated carbocycles. The highest BCUT2D eigenvalue weighted by atomic mass is 16.5. The van der Waals surface area contributed by atoms with Crippen molar-refractivity contribution in [1.29, 1.82) is 0 Å². The number of ether oxygens (including phenoxy) is 1. The maximum absolute atomic E-state index is 12.1. The first-order valence-electron chi connectivity index (χ1n) is 8.87. The third-order valence-corrected chi connectivity index (χ3v) is 4.73. The number of rotatable bonds is 5. The Labute approximate surface area is 151 Å². The summed E-state index contributed by atoms with van der Waals surface area (Å²) in [5.74, 6) is 0.387. The second-order valence-electron chi connectivity index (χ2n) is 6.48. The van der Waals surface area contributed by atoms with Crippen LogP contribution < -0.4 is 9.64 Å². The van der Waals surface area contributed by atoms with Gasteiger partial charge in [-0.25, -0.2) is 0 Å². The third-order valence-electron chi connectivity index (χ3n) is 4.73. The zero-order valence-electron chi connectivity index (χ0n) is 14.4. The summed E-state index contributed by atoms with van der Waals surface area (Å²) in [6.45, 7) is 0.753. The molecule has 0 unspecified atom stereocenters. The Balaban J connectivity index is 1.35. The fourth-order valence-electron chi connectivity index (χ4n) is 3.37. The van der Waals surface area contributed by atoms with Gasteiger partial charge in [-0.05, 0) is 48.7 Å². The van der Waals surface area contributed by atoms with Gasteiger partial charge < -0.3 is 14.6 Å². The van der Waals surface area contributed by atoms with Gasteiger partial charge in [-0.2, -0.15) is 0 Å². The Kier molecular flexibility index (Phi) is 4.44. The number of para-hydroxylation sites is 1. The van der Waals surface area contributed by atoms with Crippen molar-refractivity contribution in [2.24, 2.45) is 0 Å². The monoisotopic (exact) mass is 348 g/mol. The molecule has 2 heterocycles. The molecule has 26 heavy (non-hydrogen) atoms. The molecule has 0 atom stereocenters. The number of amides is 1. The predicted molar refractivity (Wildman–Crippen MR) is 100 cm³/mol. The number of benzene rings is 2. The van der Waals surface area contributed by atoms with Crippen molar-refractivity contribution in [2.45, 2.75) is 25.7 Å². The SMILES string of the molecule is O=C(CCc1c[nH]c2ccccc12)Oc1ccc(N2CCCC2=O)cc1. The first-order chi connectivity index (χ1) is 12.7. The van der Waals surface area contributed by atoms with Crippen molar-refractivity contribution >= 4 is 28.5 Å². The zero-order valence-corrected chi connectivity index (χ0v) is 14.4. The molecule has 0 spiro atoms. The van der Waals surface area contributed by atoms with Gasteiger partial charge in [-0.3, -0.25) is 9.59 Å². The maximum Gasteiger partial charge on any atom is 0.311 e. The maximum atomic E-state index is 12.1. The molecule has 1 saturated heterocycles. The minimum Gasteiger partial charge on any atom is -0.427 e. The average molecular weight is 348 g/mol. The van der Waals surface area contributed by atoms with Crippen LogP contribution in [0, 0.1) is 0 Å². The number of carbonyl (C=O) groups is 2. The number of aromatic nitrogens is 1. The Hall–Kier alpha value is -3.08. The first-order valence-corrected chi connectivity index (χ1v) is 8.87. The van der Waals surface area contributed by atoms with Gasteiger partial charge in [0.1, 0.15) is 5.75 Å². The van der Waals surface area contributed by atoms with Gasteiger partial charge in [0.05, 0.1) is 6.42 Å². The largest absolute Gasteiger partial charge is 0.427 e. The number of nitrogens with zero attached hydrogens (tertiary/aromatic N) is 1. The molecule has 0 bridgehead atoms.